The Morgan fingerprint density at radius 2 is 1.66 bits per heavy atom. The molecule has 6 rings (SSSR count). The second-order valence-electron chi connectivity index (χ2n) is 17.7. The lowest BCUT2D eigenvalue weighted by atomic mass is 9.41. The molecule has 6 fully saturated rings. The van der Waals surface area contributed by atoms with Crippen LogP contribution in [0.25, 0.3) is 0 Å². The van der Waals surface area contributed by atoms with E-state index in [2.05, 4.69) is 48.5 Å². The van der Waals surface area contributed by atoms with E-state index in [0.29, 0.717) is 11.8 Å². The molecule has 1 heterocycles. The molecule has 0 amide bonds. The van der Waals surface area contributed by atoms with Crippen molar-refractivity contribution >= 4 is 5.97 Å². The van der Waals surface area contributed by atoms with Gasteiger partial charge in [-0.05, 0) is 130 Å². The van der Waals surface area contributed by atoms with E-state index in [-0.39, 0.29) is 68.8 Å². The predicted molar refractivity (Wildman–Crippen MR) is 158 cm³/mol. The molecule has 0 radical (unpaired) electrons. The van der Waals surface area contributed by atoms with Crippen LogP contribution in [0.5, 0.6) is 0 Å². The van der Waals surface area contributed by atoms with Crippen LogP contribution in [0.4, 0.5) is 0 Å². The normalized spacial score (nSPS) is 52.9. The smallest absolute Gasteiger partial charge is 0.302 e. The number of aliphatic hydroxyl groups is 2. The third-order valence-corrected chi connectivity index (χ3v) is 14.6. The lowest BCUT2D eigenvalue weighted by molar-refractivity contribution is -0.198. The summed E-state index contributed by atoms with van der Waals surface area (Å²) in [4.78, 5) is 12.5. The second kappa shape index (κ2) is 8.95. The highest BCUT2D eigenvalue weighted by atomic mass is 16.8. The maximum atomic E-state index is 12.5. The minimum Gasteiger partial charge on any atom is -0.462 e. The Labute approximate surface area is 248 Å². The Balaban J connectivity index is 1.30. The lowest BCUT2D eigenvalue weighted by Gasteiger charge is -2.64. The number of aliphatic hydroxyl groups excluding tert-OH is 2. The highest BCUT2D eigenvalue weighted by Gasteiger charge is 2.84. The van der Waals surface area contributed by atoms with Gasteiger partial charge in [-0.1, -0.05) is 34.6 Å². The average Bonchev–Trinajstić information content (AvgIpc) is 3.33. The zero-order valence-electron chi connectivity index (χ0n) is 27.5. The SMILES string of the molecule is CC(=O)O[C@H]1C[C@@]2(C)[C@@H]3C[C@H](O)[C@H]4C(C)(C)[C@@H](O)CC[C@@]45C[C@@]35CC[C@]2(C)[C@H]1[C@H](C)CC[C@H]1OC(C)(C)OC1(C)C. The molecule has 0 aromatic carbocycles. The van der Waals surface area contributed by atoms with Gasteiger partial charge >= 0.3 is 5.97 Å². The summed E-state index contributed by atoms with van der Waals surface area (Å²) in [5.41, 5.74) is -0.221. The lowest BCUT2D eigenvalue weighted by Crippen LogP contribution is -2.61. The zero-order chi connectivity index (χ0) is 30.2. The molecule has 0 unspecified atom stereocenters. The molecule has 2 spiro atoms. The molecule has 2 N–H and O–H groups in total. The first-order valence-corrected chi connectivity index (χ1v) is 16.7. The number of hydrogen-bond acceptors (Lipinski definition) is 6. The molecule has 6 aliphatic rings. The Kier molecular flexibility index (Phi) is 6.62. The molecule has 5 aliphatic carbocycles. The number of rotatable bonds is 5. The third-order valence-electron chi connectivity index (χ3n) is 14.6. The second-order valence-corrected chi connectivity index (χ2v) is 17.7. The largest absolute Gasteiger partial charge is 0.462 e. The fourth-order valence-corrected chi connectivity index (χ4v) is 13.0. The van der Waals surface area contributed by atoms with Gasteiger partial charge in [-0.15, -0.1) is 0 Å². The molecule has 6 heteroatoms. The van der Waals surface area contributed by atoms with Crippen molar-refractivity contribution in [3.63, 3.8) is 0 Å². The van der Waals surface area contributed by atoms with Crippen LogP contribution in [0.3, 0.4) is 0 Å². The Morgan fingerprint density at radius 3 is 2.27 bits per heavy atom. The summed E-state index contributed by atoms with van der Waals surface area (Å²) < 4.78 is 18.8. The maximum absolute atomic E-state index is 12.5. The summed E-state index contributed by atoms with van der Waals surface area (Å²) in [6.07, 6.45) is 8.19. The minimum atomic E-state index is -0.573. The average molecular weight is 575 g/mol. The van der Waals surface area contributed by atoms with Gasteiger partial charge in [0.2, 0.25) is 0 Å². The van der Waals surface area contributed by atoms with E-state index in [0.717, 1.165) is 44.9 Å². The van der Waals surface area contributed by atoms with Crippen molar-refractivity contribution in [2.75, 3.05) is 0 Å². The van der Waals surface area contributed by atoms with Crippen LogP contribution in [0.1, 0.15) is 127 Å². The number of hydrogen-bond donors (Lipinski definition) is 2. The fraction of sp³-hybridized carbons (Fsp3) is 0.971. The number of carbonyl (C=O) groups excluding carboxylic acids is 1. The number of carbonyl (C=O) groups is 1. The molecule has 41 heavy (non-hydrogen) atoms. The van der Waals surface area contributed by atoms with Crippen LogP contribution in [0.15, 0.2) is 0 Å². The Hall–Kier alpha value is -0.690. The van der Waals surface area contributed by atoms with E-state index in [1.165, 1.54) is 12.8 Å². The standard InChI is InChI=1S/C35H58O6/c1-20(11-12-26-30(5,6)41-31(7,8)40-26)27-23(39-21(2)36)18-33(10)24-17-22(37)28-29(3,4)25(38)13-14-35(28)19-34(24,35)16-15-32(27,33)9/h20,22-28,37-38H,11-19H2,1-10H3/t20-,22+,23+,24+,25+,26-,27+,28+,32-,33+,34+,35-/m1/s1. The quantitative estimate of drug-likeness (QED) is 0.358. The van der Waals surface area contributed by atoms with Crippen molar-refractivity contribution in [2.45, 2.75) is 163 Å². The first kappa shape index (κ1) is 30.3. The highest BCUT2D eigenvalue weighted by molar-refractivity contribution is 5.66. The molecule has 234 valence electrons. The monoisotopic (exact) mass is 574 g/mol. The molecule has 1 aliphatic heterocycles. The maximum Gasteiger partial charge on any atom is 0.302 e. The van der Waals surface area contributed by atoms with Gasteiger partial charge in [0.1, 0.15) is 6.10 Å². The van der Waals surface area contributed by atoms with Gasteiger partial charge in [0, 0.05) is 12.8 Å². The predicted octanol–water partition coefficient (Wildman–Crippen LogP) is 6.65. The van der Waals surface area contributed by atoms with Crippen molar-refractivity contribution < 1.29 is 29.2 Å². The molecule has 0 aromatic heterocycles. The Morgan fingerprint density at radius 1 is 0.976 bits per heavy atom. The van der Waals surface area contributed by atoms with E-state index in [4.69, 9.17) is 14.2 Å². The minimum absolute atomic E-state index is 0.0182. The first-order valence-electron chi connectivity index (χ1n) is 16.7. The molecule has 6 nitrogen and oxygen atoms in total. The van der Waals surface area contributed by atoms with Gasteiger partial charge in [-0.2, -0.15) is 0 Å². The van der Waals surface area contributed by atoms with E-state index in [1.807, 2.05) is 13.8 Å². The van der Waals surface area contributed by atoms with Gasteiger partial charge in [-0.3, -0.25) is 4.79 Å². The summed E-state index contributed by atoms with van der Waals surface area (Å²) >= 11 is 0. The van der Waals surface area contributed by atoms with Gasteiger partial charge in [0.05, 0.1) is 23.9 Å². The van der Waals surface area contributed by atoms with Gasteiger partial charge in [-0.25, -0.2) is 0 Å². The summed E-state index contributed by atoms with van der Waals surface area (Å²) in [5, 5.41) is 22.9. The fourth-order valence-electron chi connectivity index (χ4n) is 13.0. The summed E-state index contributed by atoms with van der Waals surface area (Å²) in [6, 6.07) is 0. The third kappa shape index (κ3) is 3.98. The van der Waals surface area contributed by atoms with Crippen molar-refractivity contribution in [3.05, 3.63) is 0 Å². The van der Waals surface area contributed by atoms with Gasteiger partial charge in [0.25, 0.3) is 0 Å². The topological polar surface area (TPSA) is 85.2 Å². The molecule has 1 saturated heterocycles. The molecular formula is C35H58O6. The molecule has 0 aromatic rings. The van der Waals surface area contributed by atoms with Crippen LogP contribution in [0.2, 0.25) is 0 Å². The molecule has 5 saturated carbocycles. The van der Waals surface area contributed by atoms with Crippen molar-refractivity contribution in [2.24, 2.45) is 50.7 Å². The van der Waals surface area contributed by atoms with E-state index in [9.17, 15) is 15.0 Å². The summed E-state index contributed by atoms with van der Waals surface area (Å²) in [5.74, 6) is 0.439. The van der Waals surface area contributed by atoms with Crippen LogP contribution >= 0.6 is 0 Å². The van der Waals surface area contributed by atoms with Gasteiger partial charge < -0.3 is 24.4 Å². The molecule has 0 bridgehead atoms. The van der Waals surface area contributed by atoms with E-state index >= 15 is 0 Å². The van der Waals surface area contributed by atoms with Crippen LogP contribution < -0.4 is 0 Å². The molecular weight excluding hydrogens is 516 g/mol. The summed E-state index contributed by atoms with van der Waals surface area (Å²) in [7, 11) is 0. The Bertz CT molecular complexity index is 1080. The van der Waals surface area contributed by atoms with Crippen molar-refractivity contribution in [3.8, 4) is 0 Å². The van der Waals surface area contributed by atoms with Crippen LogP contribution in [-0.2, 0) is 19.0 Å². The van der Waals surface area contributed by atoms with E-state index in [1.54, 1.807) is 6.92 Å². The number of ether oxygens (including phenoxy) is 3. The first-order chi connectivity index (χ1) is 18.8. The van der Waals surface area contributed by atoms with Crippen molar-refractivity contribution in [1.82, 2.24) is 0 Å². The van der Waals surface area contributed by atoms with Gasteiger partial charge in [0.15, 0.2) is 5.79 Å². The zero-order valence-corrected chi connectivity index (χ0v) is 27.5. The highest BCUT2D eigenvalue weighted by Crippen LogP contribution is 2.89. The molecule has 12 atom stereocenters. The van der Waals surface area contributed by atoms with Crippen molar-refractivity contribution in [1.29, 1.82) is 0 Å². The van der Waals surface area contributed by atoms with E-state index < -0.39 is 11.9 Å². The number of fused-ring (bicyclic) bond motifs is 2. The summed E-state index contributed by atoms with van der Waals surface area (Å²) in [6.45, 7) is 21.6. The van der Waals surface area contributed by atoms with Crippen LogP contribution in [-0.4, -0.2) is 52.0 Å². The number of esters is 1. The van der Waals surface area contributed by atoms with Crippen LogP contribution in [0, 0.1) is 50.7 Å².